The van der Waals surface area contributed by atoms with Gasteiger partial charge in [-0.15, -0.1) is 0 Å². The minimum Gasteiger partial charge on any atom is -0.368 e. The summed E-state index contributed by atoms with van der Waals surface area (Å²) >= 11 is 0. The maximum Gasteiger partial charge on any atom is 0.269 e. The van der Waals surface area contributed by atoms with Gasteiger partial charge in [-0.25, -0.2) is 0 Å². The van der Waals surface area contributed by atoms with Gasteiger partial charge in [-0.2, -0.15) is 0 Å². The topological polar surface area (TPSA) is 52.4 Å². The first-order valence-corrected chi connectivity index (χ1v) is 14.8. The van der Waals surface area contributed by atoms with Crippen LogP contribution in [0.3, 0.4) is 0 Å². The Morgan fingerprint density at radius 2 is 1.31 bits per heavy atom. The molecule has 182 valence electrons. The molecule has 0 bridgehead atoms. The molecule has 0 aliphatic rings. The minimum absolute atomic E-state index is 0.0504. The third kappa shape index (κ3) is 6.06. The Labute approximate surface area is 214 Å². The molecule has 0 saturated carbocycles. The van der Waals surface area contributed by atoms with Gasteiger partial charge >= 0.3 is 0 Å². The summed E-state index contributed by atoms with van der Waals surface area (Å²) in [6, 6.07) is 38.2. The van der Waals surface area contributed by atoms with Crippen molar-refractivity contribution in [1.82, 2.24) is 0 Å². The average Bonchev–Trinajstić information content (AvgIpc) is 2.93. The summed E-state index contributed by atoms with van der Waals surface area (Å²) in [5, 5.41) is 13.9. The number of rotatable bonds is 10. The van der Waals surface area contributed by atoms with Crippen molar-refractivity contribution in [2.45, 2.75) is 26.2 Å². The van der Waals surface area contributed by atoms with E-state index in [-0.39, 0.29) is 22.6 Å². The first-order chi connectivity index (χ1) is 17.5. The van der Waals surface area contributed by atoms with E-state index in [1.807, 2.05) is 42.5 Å². The van der Waals surface area contributed by atoms with Crippen molar-refractivity contribution in [2.24, 2.45) is 5.92 Å². The number of nitro groups is 1. The van der Waals surface area contributed by atoms with Crippen LogP contribution in [0.25, 0.3) is 0 Å². The highest BCUT2D eigenvalue weighted by atomic mass is 28.3. The predicted octanol–water partition coefficient (Wildman–Crippen LogP) is 6.48. The molecule has 36 heavy (non-hydrogen) atoms. The second-order valence-corrected chi connectivity index (χ2v) is 13.1. The van der Waals surface area contributed by atoms with E-state index in [1.54, 1.807) is 12.1 Å². The number of hydrogen-bond donors (Lipinski definition) is 0. The number of ether oxygens (including phenoxy) is 1. The van der Waals surface area contributed by atoms with Crippen molar-refractivity contribution < 1.29 is 9.66 Å². The third-order valence-electron chi connectivity index (χ3n) is 6.66. The predicted molar refractivity (Wildman–Crippen MR) is 149 cm³/mol. The van der Waals surface area contributed by atoms with Crippen LogP contribution in [0.15, 0.2) is 127 Å². The largest absolute Gasteiger partial charge is 0.368 e. The van der Waals surface area contributed by atoms with Gasteiger partial charge in [0.25, 0.3) is 5.69 Å². The van der Waals surface area contributed by atoms with E-state index in [9.17, 15) is 10.1 Å². The molecule has 0 saturated heterocycles. The van der Waals surface area contributed by atoms with Crippen LogP contribution in [0.5, 0.6) is 0 Å². The summed E-state index contributed by atoms with van der Waals surface area (Å²) in [6.07, 6.45) is 2.02. The van der Waals surface area contributed by atoms with Gasteiger partial charge in [-0.05, 0) is 23.3 Å². The molecule has 0 fully saturated rings. The Kier molecular flexibility index (Phi) is 8.26. The number of benzene rings is 4. The summed E-state index contributed by atoms with van der Waals surface area (Å²) in [5.41, 5.74) is 4.49. The smallest absolute Gasteiger partial charge is 0.269 e. The standard InChI is InChI=1S/C31H31NO3Si/c1-25(22-23-36(2,29-14-8-4-9-15-29)30-16-10-5-11-17-30)31(35-24-26-12-6-3-7-13-26)27-18-20-28(21-19-27)32(33)34/h3-23,25,31H,24H2,1-2H3/b23-22+/t25-,31+/m1/s1. The molecule has 2 atom stereocenters. The van der Waals surface area contributed by atoms with Gasteiger partial charge in [0.05, 0.1) is 17.6 Å². The average molecular weight is 494 g/mol. The van der Waals surface area contributed by atoms with Crippen molar-refractivity contribution in [1.29, 1.82) is 0 Å². The molecule has 0 heterocycles. The van der Waals surface area contributed by atoms with E-state index in [1.165, 1.54) is 10.4 Å². The highest BCUT2D eigenvalue weighted by Crippen LogP contribution is 2.30. The van der Waals surface area contributed by atoms with Gasteiger partial charge in [0.15, 0.2) is 0 Å². The van der Waals surface area contributed by atoms with Crippen LogP contribution in [0.2, 0.25) is 6.55 Å². The van der Waals surface area contributed by atoms with Gasteiger partial charge in [0, 0.05) is 18.1 Å². The van der Waals surface area contributed by atoms with Crippen LogP contribution in [0.4, 0.5) is 5.69 Å². The van der Waals surface area contributed by atoms with Crippen LogP contribution in [0.1, 0.15) is 24.2 Å². The Bertz CT molecular complexity index is 1240. The first-order valence-electron chi connectivity index (χ1n) is 12.2. The highest BCUT2D eigenvalue weighted by molar-refractivity contribution is 7.05. The molecule has 0 N–H and O–H groups in total. The zero-order chi connectivity index (χ0) is 25.4. The summed E-state index contributed by atoms with van der Waals surface area (Å²) in [7, 11) is -2.15. The second-order valence-electron chi connectivity index (χ2n) is 9.22. The lowest BCUT2D eigenvalue weighted by atomic mass is 9.97. The molecular weight excluding hydrogens is 462 g/mol. The number of nitro benzene ring substituents is 1. The number of hydrogen-bond acceptors (Lipinski definition) is 3. The second kappa shape index (κ2) is 11.8. The molecule has 0 aliphatic carbocycles. The van der Waals surface area contributed by atoms with Gasteiger partial charge in [-0.3, -0.25) is 10.1 Å². The molecule has 4 aromatic rings. The zero-order valence-electron chi connectivity index (χ0n) is 20.7. The molecule has 0 radical (unpaired) electrons. The maximum atomic E-state index is 11.2. The van der Waals surface area contributed by atoms with Crippen molar-refractivity contribution in [3.63, 3.8) is 0 Å². The molecule has 5 heteroatoms. The maximum absolute atomic E-state index is 11.2. The Morgan fingerprint density at radius 3 is 1.81 bits per heavy atom. The van der Waals surface area contributed by atoms with Crippen LogP contribution >= 0.6 is 0 Å². The van der Waals surface area contributed by atoms with Gasteiger partial charge in [0.2, 0.25) is 0 Å². The molecule has 4 rings (SSSR count). The van der Waals surface area contributed by atoms with Crippen LogP contribution < -0.4 is 10.4 Å². The first kappa shape index (κ1) is 25.3. The summed E-state index contributed by atoms with van der Waals surface area (Å²) in [4.78, 5) is 10.8. The Hall–Kier alpha value is -3.80. The Morgan fingerprint density at radius 1 is 0.806 bits per heavy atom. The molecule has 0 amide bonds. The van der Waals surface area contributed by atoms with Crippen LogP contribution in [-0.2, 0) is 11.3 Å². The molecule has 4 nitrogen and oxygen atoms in total. The van der Waals surface area contributed by atoms with Crippen molar-refractivity contribution >= 4 is 24.1 Å². The fourth-order valence-corrected chi connectivity index (χ4v) is 7.65. The van der Waals surface area contributed by atoms with Crippen LogP contribution in [0, 0.1) is 16.0 Å². The molecular formula is C31H31NO3Si. The van der Waals surface area contributed by atoms with E-state index in [0.29, 0.717) is 6.61 Å². The molecule has 0 aliphatic heterocycles. The monoisotopic (exact) mass is 493 g/mol. The van der Waals surface area contributed by atoms with Crippen molar-refractivity contribution in [3.05, 3.63) is 148 Å². The van der Waals surface area contributed by atoms with E-state index in [0.717, 1.165) is 11.1 Å². The van der Waals surface area contributed by atoms with E-state index in [2.05, 4.69) is 85.9 Å². The summed E-state index contributed by atoms with van der Waals surface area (Å²) in [6.45, 7) is 4.98. The minimum atomic E-state index is -2.15. The SMILES string of the molecule is C[C@H](/C=C/[Si](C)(c1ccccc1)c1ccccc1)[C@H](OCc1ccccc1)c1ccc([N+](=O)[O-])cc1. The van der Waals surface area contributed by atoms with Gasteiger partial charge in [0.1, 0.15) is 8.07 Å². The van der Waals surface area contributed by atoms with E-state index < -0.39 is 8.07 Å². The van der Waals surface area contributed by atoms with E-state index >= 15 is 0 Å². The number of nitrogens with zero attached hydrogens (tertiary/aromatic N) is 1. The van der Waals surface area contributed by atoms with Gasteiger partial charge in [-0.1, -0.05) is 127 Å². The molecule has 0 spiro atoms. The van der Waals surface area contributed by atoms with E-state index in [4.69, 9.17) is 4.74 Å². The fraction of sp³-hybridized carbons (Fsp3) is 0.161. The molecule has 0 aromatic heterocycles. The lowest BCUT2D eigenvalue weighted by Gasteiger charge is -2.27. The van der Waals surface area contributed by atoms with Crippen LogP contribution in [-0.4, -0.2) is 13.0 Å². The molecule has 0 unspecified atom stereocenters. The fourth-order valence-electron chi connectivity index (χ4n) is 4.47. The summed E-state index contributed by atoms with van der Waals surface area (Å²) < 4.78 is 6.45. The van der Waals surface area contributed by atoms with Gasteiger partial charge < -0.3 is 4.74 Å². The third-order valence-corrected chi connectivity index (χ3v) is 10.6. The summed E-state index contributed by atoms with van der Waals surface area (Å²) in [5.74, 6) is 0.0504. The quantitative estimate of drug-likeness (QED) is 0.144. The lowest BCUT2D eigenvalue weighted by molar-refractivity contribution is -0.384. The zero-order valence-corrected chi connectivity index (χ0v) is 21.7. The highest BCUT2D eigenvalue weighted by Gasteiger charge is 2.29. The number of non-ortho nitro benzene ring substituents is 1. The molecule has 4 aromatic carbocycles. The normalized spacial score (nSPS) is 13.4. The van der Waals surface area contributed by atoms with Crippen molar-refractivity contribution in [3.8, 4) is 0 Å². The van der Waals surface area contributed by atoms with Crippen molar-refractivity contribution in [2.75, 3.05) is 0 Å². The lowest BCUT2D eigenvalue weighted by Crippen LogP contribution is -2.54. The Balaban J connectivity index is 1.66.